The number of hydrogen-bond acceptors (Lipinski definition) is 3. The van der Waals surface area contributed by atoms with Gasteiger partial charge in [0.05, 0.1) is 36.1 Å². The quantitative estimate of drug-likeness (QED) is 0.842. The van der Waals surface area contributed by atoms with Crippen molar-refractivity contribution in [1.29, 1.82) is 0 Å². The highest BCUT2D eigenvalue weighted by molar-refractivity contribution is 6.36. The normalized spacial score (nSPS) is 25.5. The smallest absolute Gasteiger partial charge is 0.0996 e. The molecule has 2 rings (SSSR count). The molecule has 5 heteroatoms. The SMILES string of the molecule is O[C@H]1COC[C@@H]1Nc1ccc(Cl)cc1Cl. The van der Waals surface area contributed by atoms with Gasteiger partial charge in [0.15, 0.2) is 0 Å². The second-order valence-electron chi connectivity index (χ2n) is 3.48. The molecule has 0 amide bonds. The summed E-state index contributed by atoms with van der Waals surface area (Å²) < 4.78 is 5.12. The van der Waals surface area contributed by atoms with Crippen LogP contribution in [0.25, 0.3) is 0 Å². The summed E-state index contributed by atoms with van der Waals surface area (Å²) in [5, 5.41) is 13.8. The molecule has 0 bridgehead atoms. The molecule has 0 unspecified atom stereocenters. The number of aliphatic hydroxyl groups excluding tert-OH is 1. The van der Waals surface area contributed by atoms with Gasteiger partial charge in [0, 0.05) is 5.02 Å². The van der Waals surface area contributed by atoms with Crippen LogP contribution in [0.15, 0.2) is 18.2 Å². The summed E-state index contributed by atoms with van der Waals surface area (Å²) in [6.45, 7) is 0.850. The molecule has 0 radical (unpaired) electrons. The lowest BCUT2D eigenvalue weighted by molar-refractivity contribution is 0.125. The lowest BCUT2D eigenvalue weighted by Gasteiger charge is -2.16. The summed E-state index contributed by atoms with van der Waals surface area (Å²) in [6.07, 6.45) is -0.489. The summed E-state index contributed by atoms with van der Waals surface area (Å²) in [6, 6.07) is 5.09. The molecule has 1 aromatic carbocycles. The molecule has 82 valence electrons. The zero-order chi connectivity index (χ0) is 10.8. The third-order valence-electron chi connectivity index (χ3n) is 2.32. The zero-order valence-electron chi connectivity index (χ0n) is 7.91. The van der Waals surface area contributed by atoms with Crippen LogP contribution in [0.1, 0.15) is 0 Å². The van der Waals surface area contributed by atoms with Gasteiger partial charge >= 0.3 is 0 Å². The van der Waals surface area contributed by atoms with E-state index >= 15 is 0 Å². The number of hydrogen-bond donors (Lipinski definition) is 2. The molecule has 0 saturated carbocycles. The van der Waals surface area contributed by atoms with Gasteiger partial charge in [-0.25, -0.2) is 0 Å². The first kappa shape index (κ1) is 11.0. The van der Waals surface area contributed by atoms with E-state index in [1.165, 1.54) is 0 Å². The molecule has 1 aromatic rings. The van der Waals surface area contributed by atoms with E-state index in [9.17, 15) is 5.11 Å². The van der Waals surface area contributed by atoms with Gasteiger partial charge in [-0.1, -0.05) is 23.2 Å². The molecular weight excluding hydrogens is 237 g/mol. The number of ether oxygens (including phenoxy) is 1. The Balaban J connectivity index is 2.10. The molecule has 3 nitrogen and oxygen atoms in total. The van der Waals surface area contributed by atoms with E-state index in [4.69, 9.17) is 27.9 Å². The molecule has 2 atom stereocenters. The molecule has 1 fully saturated rings. The maximum atomic E-state index is 9.54. The predicted octanol–water partition coefficient (Wildman–Crippen LogP) is 2.17. The van der Waals surface area contributed by atoms with Gasteiger partial charge in [-0.2, -0.15) is 0 Å². The van der Waals surface area contributed by atoms with E-state index in [1.54, 1.807) is 18.2 Å². The molecule has 15 heavy (non-hydrogen) atoms. The van der Waals surface area contributed by atoms with Gasteiger partial charge in [0.25, 0.3) is 0 Å². The second kappa shape index (κ2) is 4.58. The van der Waals surface area contributed by atoms with Crippen molar-refractivity contribution < 1.29 is 9.84 Å². The lowest BCUT2D eigenvalue weighted by atomic mass is 10.2. The molecule has 1 saturated heterocycles. The molecule has 2 N–H and O–H groups in total. The molecule has 0 aliphatic carbocycles. The van der Waals surface area contributed by atoms with E-state index in [-0.39, 0.29) is 6.04 Å². The minimum Gasteiger partial charge on any atom is -0.388 e. The van der Waals surface area contributed by atoms with E-state index in [0.717, 1.165) is 5.69 Å². The number of halogens is 2. The van der Waals surface area contributed by atoms with Crippen LogP contribution in [0.3, 0.4) is 0 Å². The average Bonchev–Trinajstić information content (AvgIpc) is 2.57. The van der Waals surface area contributed by atoms with E-state index in [2.05, 4.69) is 5.32 Å². The Labute approximate surface area is 97.9 Å². The average molecular weight is 248 g/mol. The van der Waals surface area contributed by atoms with E-state index in [1.807, 2.05) is 0 Å². The fraction of sp³-hybridized carbons (Fsp3) is 0.400. The monoisotopic (exact) mass is 247 g/mol. The number of rotatable bonds is 2. The van der Waals surface area contributed by atoms with Crippen molar-refractivity contribution in [3.8, 4) is 0 Å². The molecule has 1 heterocycles. The highest BCUT2D eigenvalue weighted by Gasteiger charge is 2.26. The summed E-state index contributed by atoms with van der Waals surface area (Å²) in [4.78, 5) is 0. The number of aliphatic hydroxyl groups is 1. The van der Waals surface area contributed by atoms with Crippen LogP contribution >= 0.6 is 23.2 Å². The van der Waals surface area contributed by atoms with Crippen LogP contribution in [0.5, 0.6) is 0 Å². The number of nitrogens with one attached hydrogen (secondary N) is 1. The Morgan fingerprint density at radius 2 is 2.13 bits per heavy atom. The first-order valence-corrected chi connectivity index (χ1v) is 5.40. The third kappa shape index (κ3) is 2.55. The van der Waals surface area contributed by atoms with Crippen molar-refractivity contribution in [3.63, 3.8) is 0 Å². The Hall–Kier alpha value is -0.480. The predicted molar refractivity (Wildman–Crippen MR) is 60.7 cm³/mol. The second-order valence-corrected chi connectivity index (χ2v) is 4.32. The summed E-state index contributed by atoms with van der Waals surface area (Å²) in [5.41, 5.74) is 0.760. The topological polar surface area (TPSA) is 41.5 Å². The molecule has 1 aliphatic rings. The largest absolute Gasteiger partial charge is 0.388 e. The van der Waals surface area contributed by atoms with Crippen molar-refractivity contribution >= 4 is 28.9 Å². The van der Waals surface area contributed by atoms with E-state index < -0.39 is 6.10 Å². The van der Waals surface area contributed by atoms with Crippen LogP contribution in [0, 0.1) is 0 Å². The highest BCUT2D eigenvalue weighted by atomic mass is 35.5. The van der Waals surface area contributed by atoms with Crippen molar-refractivity contribution in [2.75, 3.05) is 18.5 Å². The molecule has 0 spiro atoms. The van der Waals surface area contributed by atoms with Crippen LogP contribution in [0.2, 0.25) is 10.0 Å². The maximum Gasteiger partial charge on any atom is 0.0996 e. The van der Waals surface area contributed by atoms with Crippen LogP contribution in [-0.4, -0.2) is 30.5 Å². The van der Waals surface area contributed by atoms with Crippen molar-refractivity contribution in [2.24, 2.45) is 0 Å². The Bertz CT molecular complexity index is 359. The summed E-state index contributed by atoms with van der Waals surface area (Å²) in [5.74, 6) is 0. The van der Waals surface area contributed by atoms with Crippen LogP contribution in [0.4, 0.5) is 5.69 Å². The molecular formula is C10H11Cl2NO2. The van der Waals surface area contributed by atoms with Gasteiger partial charge in [-0.15, -0.1) is 0 Å². The maximum absolute atomic E-state index is 9.54. The fourth-order valence-corrected chi connectivity index (χ4v) is 1.95. The Morgan fingerprint density at radius 3 is 2.73 bits per heavy atom. The third-order valence-corrected chi connectivity index (χ3v) is 2.87. The first-order chi connectivity index (χ1) is 7.16. The van der Waals surface area contributed by atoms with Crippen molar-refractivity contribution in [3.05, 3.63) is 28.2 Å². The molecule has 0 aromatic heterocycles. The van der Waals surface area contributed by atoms with Gasteiger partial charge in [0.1, 0.15) is 0 Å². The zero-order valence-corrected chi connectivity index (χ0v) is 9.42. The van der Waals surface area contributed by atoms with Gasteiger partial charge in [-0.3, -0.25) is 0 Å². The van der Waals surface area contributed by atoms with Gasteiger partial charge in [-0.05, 0) is 18.2 Å². The summed E-state index contributed by atoms with van der Waals surface area (Å²) >= 11 is 11.8. The minimum absolute atomic E-state index is 0.108. The fourth-order valence-electron chi connectivity index (χ4n) is 1.49. The van der Waals surface area contributed by atoms with Crippen molar-refractivity contribution in [2.45, 2.75) is 12.1 Å². The first-order valence-electron chi connectivity index (χ1n) is 4.64. The van der Waals surface area contributed by atoms with Gasteiger partial charge in [0.2, 0.25) is 0 Å². The van der Waals surface area contributed by atoms with E-state index in [0.29, 0.717) is 23.3 Å². The van der Waals surface area contributed by atoms with Crippen molar-refractivity contribution in [1.82, 2.24) is 0 Å². The Morgan fingerprint density at radius 1 is 1.33 bits per heavy atom. The molecule has 1 aliphatic heterocycles. The number of benzene rings is 1. The van der Waals surface area contributed by atoms with Crippen LogP contribution in [-0.2, 0) is 4.74 Å². The minimum atomic E-state index is -0.489. The Kier molecular flexibility index (Phi) is 3.36. The summed E-state index contributed by atoms with van der Waals surface area (Å²) in [7, 11) is 0. The lowest BCUT2D eigenvalue weighted by Crippen LogP contribution is -2.31. The number of anilines is 1. The van der Waals surface area contributed by atoms with Crippen LogP contribution < -0.4 is 5.32 Å². The van der Waals surface area contributed by atoms with Gasteiger partial charge < -0.3 is 15.2 Å². The standard InChI is InChI=1S/C10H11Cl2NO2/c11-6-1-2-8(7(12)3-6)13-9-4-15-5-10(9)14/h1-3,9-10,13-14H,4-5H2/t9-,10-/m0/s1. The highest BCUT2D eigenvalue weighted by Crippen LogP contribution is 2.26.